The zero-order valence-corrected chi connectivity index (χ0v) is 18.7. The number of carbonyl (C=O) groups is 3. The van der Waals surface area contributed by atoms with Crippen molar-refractivity contribution in [2.45, 2.75) is 32.2 Å². The molecule has 1 atom stereocenters. The van der Waals surface area contributed by atoms with Crippen molar-refractivity contribution in [3.05, 3.63) is 54.1 Å². The average molecular weight is 452 g/mol. The van der Waals surface area contributed by atoms with Crippen LogP contribution < -0.4 is 20.1 Å². The van der Waals surface area contributed by atoms with Crippen LogP contribution in [0.15, 0.2) is 48.5 Å². The fourth-order valence-electron chi connectivity index (χ4n) is 4.11. The van der Waals surface area contributed by atoms with Gasteiger partial charge in [0, 0.05) is 19.0 Å². The highest BCUT2D eigenvalue weighted by Gasteiger charge is 2.28. The van der Waals surface area contributed by atoms with Crippen molar-refractivity contribution < 1.29 is 23.9 Å². The van der Waals surface area contributed by atoms with Gasteiger partial charge in [0.25, 0.3) is 5.91 Å². The van der Waals surface area contributed by atoms with Crippen LogP contribution in [0, 0.1) is 5.92 Å². The van der Waals surface area contributed by atoms with Gasteiger partial charge >= 0.3 is 0 Å². The Labute approximate surface area is 193 Å². The van der Waals surface area contributed by atoms with Crippen LogP contribution in [0.1, 0.15) is 37.8 Å². The van der Waals surface area contributed by atoms with Crippen molar-refractivity contribution >= 4 is 23.4 Å². The minimum absolute atomic E-state index is 0.0138. The molecule has 0 radical (unpaired) electrons. The SMILES string of the molecule is CC(NC(=O)C1CCN(C(=O)CCOc2ccccc2)CC1)c1ccc2c(c1)NC(=O)CO2. The summed E-state index contributed by atoms with van der Waals surface area (Å²) in [6.45, 7) is 3.40. The lowest BCUT2D eigenvalue weighted by Crippen LogP contribution is -2.43. The fourth-order valence-corrected chi connectivity index (χ4v) is 4.11. The van der Waals surface area contributed by atoms with E-state index in [2.05, 4.69) is 10.6 Å². The lowest BCUT2D eigenvalue weighted by Gasteiger charge is -2.32. The van der Waals surface area contributed by atoms with E-state index >= 15 is 0 Å². The molecule has 0 aliphatic carbocycles. The van der Waals surface area contributed by atoms with Gasteiger partial charge in [-0.15, -0.1) is 0 Å². The highest BCUT2D eigenvalue weighted by Crippen LogP contribution is 2.31. The van der Waals surface area contributed by atoms with Crippen LogP contribution in [0.2, 0.25) is 0 Å². The average Bonchev–Trinajstić information content (AvgIpc) is 2.84. The van der Waals surface area contributed by atoms with Crippen molar-refractivity contribution in [2.24, 2.45) is 5.92 Å². The molecule has 0 aromatic heterocycles. The molecule has 33 heavy (non-hydrogen) atoms. The summed E-state index contributed by atoms with van der Waals surface area (Å²) < 4.78 is 11.0. The van der Waals surface area contributed by atoms with Crippen LogP contribution in [0.4, 0.5) is 5.69 Å². The standard InChI is InChI=1S/C25H29N3O5/c1-17(19-7-8-22-21(15-19)27-23(29)16-33-22)26-25(31)18-9-12-28(13-10-18)24(30)11-14-32-20-5-3-2-4-6-20/h2-8,15,17-18H,9-14,16H2,1H3,(H,26,31)(H,27,29). The van der Waals surface area contributed by atoms with E-state index in [0.717, 1.165) is 11.3 Å². The largest absolute Gasteiger partial charge is 0.493 e. The van der Waals surface area contributed by atoms with Gasteiger partial charge in [0.05, 0.1) is 24.8 Å². The van der Waals surface area contributed by atoms with Crippen LogP contribution in [0.3, 0.4) is 0 Å². The van der Waals surface area contributed by atoms with E-state index in [1.807, 2.05) is 54.3 Å². The molecule has 174 valence electrons. The molecule has 1 saturated heterocycles. The molecule has 2 heterocycles. The number of benzene rings is 2. The lowest BCUT2D eigenvalue weighted by molar-refractivity contribution is -0.136. The molecule has 4 rings (SSSR count). The molecule has 2 aromatic rings. The van der Waals surface area contributed by atoms with Crippen LogP contribution in [0.5, 0.6) is 11.5 Å². The van der Waals surface area contributed by atoms with Gasteiger partial charge in [-0.05, 0) is 49.6 Å². The molecule has 8 heteroatoms. The number of likely N-dealkylation sites (tertiary alicyclic amines) is 1. The number of amides is 3. The number of nitrogens with zero attached hydrogens (tertiary/aromatic N) is 1. The van der Waals surface area contributed by atoms with Gasteiger partial charge in [-0.25, -0.2) is 0 Å². The Morgan fingerprint density at radius 2 is 1.94 bits per heavy atom. The van der Waals surface area contributed by atoms with Crippen molar-refractivity contribution in [1.82, 2.24) is 10.2 Å². The number of anilines is 1. The van der Waals surface area contributed by atoms with Crippen molar-refractivity contribution in [1.29, 1.82) is 0 Å². The number of piperidine rings is 1. The van der Waals surface area contributed by atoms with Crippen molar-refractivity contribution in [3.63, 3.8) is 0 Å². The predicted molar refractivity (Wildman–Crippen MR) is 123 cm³/mol. The second-order valence-corrected chi connectivity index (χ2v) is 8.39. The summed E-state index contributed by atoms with van der Waals surface area (Å²) in [5.74, 6) is 1.10. The molecule has 1 fully saturated rings. The lowest BCUT2D eigenvalue weighted by atomic mass is 9.95. The van der Waals surface area contributed by atoms with Gasteiger partial charge in [0.1, 0.15) is 11.5 Å². The number of para-hydroxylation sites is 1. The fraction of sp³-hybridized carbons (Fsp3) is 0.400. The van der Waals surface area contributed by atoms with Crippen molar-refractivity contribution in [2.75, 3.05) is 31.6 Å². The van der Waals surface area contributed by atoms with Gasteiger partial charge in [-0.3, -0.25) is 14.4 Å². The van der Waals surface area contributed by atoms with E-state index < -0.39 is 0 Å². The molecular formula is C25H29N3O5. The van der Waals surface area contributed by atoms with E-state index in [-0.39, 0.29) is 36.3 Å². The van der Waals surface area contributed by atoms with Gasteiger partial charge in [0.2, 0.25) is 11.8 Å². The Kier molecular flexibility index (Phi) is 7.12. The molecule has 0 spiro atoms. The molecule has 0 bridgehead atoms. The van der Waals surface area contributed by atoms with Crippen molar-refractivity contribution in [3.8, 4) is 11.5 Å². The van der Waals surface area contributed by atoms with Gasteiger partial charge < -0.3 is 25.0 Å². The molecule has 1 unspecified atom stereocenters. The Morgan fingerprint density at radius 3 is 2.70 bits per heavy atom. The summed E-state index contributed by atoms with van der Waals surface area (Å²) in [6, 6.07) is 14.7. The summed E-state index contributed by atoms with van der Waals surface area (Å²) in [6.07, 6.45) is 1.59. The van der Waals surface area contributed by atoms with Crippen LogP contribution in [-0.2, 0) is 14.4 Å². The highest BCUT2D eigenvalue weighted by atomic mass is 16.5. The molecule has 0 saturated carbocycles. The quantitative estimate of drug-likeness (QED) is 0.675. The number of nitrogens with one attached hydrogen (secondary N) is 2. The van der Waals surface area contributed by atoms with Gasteiger partial charge in [-0.1, -0.05) is 24.3 Å². The van der Waals surface area contributed by atoms with Gasteiger partial charge in [-0.2, -0.15) is 0 Å². The van der Waals surface area contributed by atoms with E-state index in [4.69, 9.17) is 9.47 Å². The number of hydrogen-bond donors (Lipinski definition) is 2. The summed E-state index contributed by atoms with van der Waals surface area (Å²) in [5.41, 5.74) is 1.51. The third-order valence-corrected chi connectivity index (χ3v) is 6.04. The molecule has 3 amide bonds. The second kappa shape index (κ2) is 10.4. The zero-order chi connectivity index (χ0) is 23.2. The Bertz CT molecular complexity index is 1000. The zero-order valence-electron chi connectivity index (χ0n) is 18.7. The topological polar surface area (TPSA) is 97.0 Å². The van der Waals surface area contributed by atoms with Crippen LogP contribution >= 0.6 is 0 Å². The Balaban J connectivity index is 1.22. The number of carbonyl (C=O) groups excluding carboxylic acids is 3. The summed E-state index contributed by atoms with van der Waals surface area (Å²) >= 11 is 0. The third kappa shape index (κ3) is 5.83. The van der Waals surface area contributed by atoms with E-state index in [1.54, 1.807) is 6.07 Å². The van der Waals surface area contributed by atoms with E-state index in [9.17, 15) is 14.4 Å². The molecular weight excluding hydrogens is 422 g/mol. The third-order valence-electron chi connectivity index (χ3n) is 6.04. The van der Waals surface area contributed by atoms with Crippen LogP contribution in [-0.4, -0.2) is 48.9 Å². The predicted octanol–water partition coefficient (Wildman–Crippen LogP) is 2.90. The second-order valence-electron chi connectivity index (χ2n) is 8.39. The molecule has 2 N–H and O–H groups in total. The summed E-state index contributed by atoms with van der Waals surface area (Å²) in [4.78, 5) is 38.6. The molecule has 2 aliphatic rings. The maximum atomic E-state index is 12.8. The summed E-state index contributed by atoms with van der Waals surface area (Å²) in [5, 5.41) is 5.85. The van der Waals surface area contributed by atoms with Gasteiger partial charge in [0.15, 0.2) is 6.61 Å². The summed E-state index contributed by atoms with van der Waals surface area (Å²) in [7, 11) is 0. The molecule has 2 aromatic carbocycles. The van der Waals surface area contributed by atoms with Crippen LogP contribution in [0.25, 0.3) is 0 Å². The monoisotopic (exact) mass is 451 g/mol. The maximum Gasteiger partial charge on any atom is 0.262 e. The van der Waals surface area contributed by atoms with E-state index in [1.165, 1.54) is 0 Å². The minimum atomic E-state index is -0.212. The normalized spacial score (nSPS) is 16.8. The minimum Gasteiger partial charge on any atom is -0.493 e. The number of rotatable bonds is 7. The number of hydrogen-bond acceptors (Lipinski definition) is 5. The maximum absolute atomic E-state index is 12.8. The number of ether oxygens (including phenoxy) is 2. The number of fused-ring (bicyclic) bond motifs is 1. The molecule has 2 aliphatic heterocycles. The first kappa shape index (κ1) is 22.6. The molecule has 8 nitrogen and oxygen atoms in total. The highest BCUT2D eigenvalue weighted by molar-refractivity contribution is 5.95. The first-order valence-corrected chi connectivity index (χ1v) is 11.3. The Morgan fingerprint density at radius 1 is 1.18 bits per heavy atom. The first-order valence-electron chi connectivity index (χ1n) is 11.3. The Hall–Kier alpha value is -3.55. The first-order chi connectivity index (χ1) is 16.0. The van der Waals surface area contributed by atoms with E-state index in [0.29, 0.717) is 50.4 Å². The smallest absolute Gasteiger partial charge is 0.262 e.